The third kappa shape index (κ3) is 2.74. The van der Waals surface area contributed by atoms with Gasteiger partial charge in [0.1, 0.15) is 5.82 Å². The Balaban J connectivity index is 1.76. The molecular weight excluding hydrogens is 288 g/mol. The van der Waals surface area contributed by atoms with Crippen molar-refractivity contribution in [3.8, 4) is 0 Å². The molecule has 2 heterocycles. The smallest absolute Gasteiger partial charge is 0.323 e. The summed E-state index contributed by atoms with van der Waals surface area (Å²) in [6.45, 7) is 0. The molecule has 7 heteroatoms. The molecular formula is C14H14F4N2O. The molecule has 2 fully saturated rings. The second-order valence-corrected chi connectivity index (χ2v) is 5.57. The Labute approximate surface area is 118 Å². The van der Waals surface area contributed by atoms with Gasteiger partial charge in [0.2, 0.25) is 5.91 Å². The summed E-state index contributed by atoms with van der Waals surface area (Å²) >= 11 is 0. The van der Waals surface area contributed by atoms with Crippen LogP contribution >= 0.6 is 0 Å². The molecule has 1 amide bonds. The monoisotopic (exact) mass is 302 g/mol. The van der Waals surface area contributed by atoms with Crippen LogP contribution < -0.4 is 10.6 Å². The van der Waals surface area contributed by atoms with Crippen molar-refractivity contribution in [2.45, 2.75) is 37.5 Å². The number of rotatable bonds is 2. The van der Waals surface area contributed by atoms with Crippen molar-refractivity contribution in [2.24, 2.45) is 5.92 Å². The summed E-state index contributed by atoms with van der Waals surface area (Å²) in [6.07, 6.45) is -2.04. The van der Waals surface area contributed by atoms with E-state index in [1.165, 1.54) is 0 Å². The highest BCUT2D eigenvalue weighted by molar-refractivity contribution is 5.93. The number of carbonyl (C=O) groups excluding carboxylic acids is 1. The maximum Gasteiger partial charge on any atom is 0.416 e. The van der Waals surface area contributed by atoms with E-state index in [2.05, 4.69) is 10.6 Å². The van der Waals surface area contributed by atoms with Crippen molar-refractivity contribution in [1.29, 1.82) is 0 Å². The number of hydrogen-bond acceptors (Lipinski definition) is 2. The molecule has 2 aliphatic heterocycles. The molecule has 1 aromatic carbocycles. The first-order valence-electron chi connectivity index (χ1n) is 6.78. The second kappa shape index (κ2) is 4.98. The first-order valence-corrected chi connectivity index (χ1v) is 6.78. The van der Waals surface area contributed by atoms with Crippen molar-refractivity contribution < 1.29 is 22.4 Å². The summed E-state index contributed by atoms with van der Waals surface area (Å²) in [7, 11) is 0. The minimum absolute atomic E-state index is 0.0452. The predicted molar refractivity (Wildman–Crippen MR) is 68.1 cm³/mol. The molecule has 2 saturated heterocycles. The van der Waals surface area contributed by atoms with E-state index in [9.17, 15) is 22.4 Å². The fourth-order valence-corrected chi connectivity index (χ4v) is 3.14. The zero-order valence-corrected chi connectivity index (χ0v) is 11.0. The van der Waals surface area contributed by atoms with Crippen molar-refractivity contribution >= 4 is 11.6 Å². The Morgan fingerprint density at radius 2 is 2.05 bits per heavy atom. The Bertz CT molecular complexity index is 573. The molecule has 0 aliphatic carbocycles. The van der Waals surface area contributed by atoms with Gasteiger partial charge in [-0.1, -0.05) is 0 Å². The fourth-order valence-electron chi connectivity index (χ4n) is 3.14. The zero-order chi connectivity index (χ0) is 15.2. The van der Waals surface area contributed by atoms with Gasteiger partial charge in [-0.3, -0.25) is 4.79 Å². The molecule has 3 atom stereocenters. The van der Waals surface area contributed by atoms with Crippen molar-refractivity contribution in [3.05, 3.63) is 29.6 Å². The Kier molecular flexibility index (Phi) is 3.39. The molecule has 3 unspecified atom stereocenters. The maximum absolute atomic E-state index is 13.6. The third-order valence-corrected chi connectivity index (χ3v) is 4.19. The number of nitrogens with one attached hydrogen (secondary N) is 2. The summed E-state index contributed by atoms with van der Waals surface area (Å²) in [5.41, 5.74) is -1.40. The normalized spacial score (nSPS) is 27.9. The van der Waals surface area contributed by atoms with Crippen molar-refractivity contribution in [3.63, 3.8) is 0 Å². The van der Waals surface area contributed by atoms with Crippen LogP contribution in [0, 0.1) is 11.7 Å². The van der Waals surface area contributed by atoms with Crippen LogP contribution in [0.1, 0.15) is 24.8 Å². The average Bonchev–Trinajstić information content (AvgIpc) is 3.02. The lowest BCUT2D eigenvalue weighted by Crippen LogP contribution is -2.33. The number of fused-ring (bicyclic) bond motifs is 2. The molecule has 114 valence electrons. The minimum atomic E-state index is -4.57. The van der Waals surface area contributed by atoms with E-state index in [-0.39, 0.29) is 18.0 Å². The quantitative estimate of drug-likeness (QED) is 0.825. The van der Waals surface area contributed by atoms with Crippen LogP contribution in [-0.2, 0) is 11.0 Å². The highest BCUT2D eigenvalue weighted by Crippen LogP contribution is 2.35. The number of anilines is 1. The van der Waals surface area contributed by atoms with Gasteiger partial charge in [0, 0.05) is 12.1 Å². The van der Waals surface area contributed by atoms with Gasteiger partial charge >= 0.3 is 6.18 Å². The lowest BCUT2D eigenvalue weighted by atomic mass is 9.88. The van der Waals surface area contributed by atoms with Crippen LogP contribution in [0.25, 0.3) is 0 Å². The van der Waals surface area contributed by atoms with Crippen molar-refractivity contribution in [2.75, 3.05) is 5.32 Å². The van der Waals surface area contributed by atoms with Gasteiger partial charge < -0.3 is 10.6 Å². The number of carbonyl (C=O) groups is 1. The molecule has 2 aliphatic rings. The minimum Gasteiger partial charge on any atom is -0.323 e. The standard InChI is InChI=1S/C14H14F4N2O/c15-10-3-1-7(14(16,17)18)5-12(10)20-13(21)9-6-8-2-4-11(9)19-8/h1,3,5,8-9,11,19H,2,4,6H2,(H,20,21). The number of halogens is 4. The Hall–Kier alpha value is -1.63. The van der Waals surface area contributed by atoms with E-state index in [4.69, 9.17) is 0 Å². The summed E-state index contributed by atoms with van der Waals surface area (Å²) in [6, 6.07) is 2.34. The molecule has 0 aromatic heterocycles. The van der Waals surface area contributed by atoms with E-state index in [0.29, 0.717) is 18.6 Å². The van der Waals surface area contributed by atoms with Crippen LogP contribution in [-0.4, -0.2) is 18.0 Å². The van der Waals surface area contributed by atoms with Crippen molar-refractivity contribution in [1.82, 2.24) is 5.32 Å². The first-order chi connectivity index (χ1) is 9.84. The molecule has 0 spiro atoms. The number of hydrogen-bond donors (Lipinski definition) is 2. The van der Waals surface area contributed by atoms with Gasteiger partial charge in [-0.25, -0.2) is 4.39 Å². The van der Waals surface area contributed by atoms with Crippen LogP contribution in [0.15, 0.2) is 18.2 Å². The number of benzene rings is 1. The third-order valence-electron chi connectivity index (χ3n) is 4.19. The van der Waals surface area contributed by atoms with Gasteiger partial charge in [0.05, 0.1) is 17.2 Å². The zero-order valence-electron chi connectivity index (χ0n) is 11.0. The molecule has 3 nitrogen and oxygen atoms in total. The Morgan fingerprint density at radius 1 is 1.29 bits per heavy atom. The molecule has 2 N–H and O–H groups in total. The van der Waals surface area contributed by atoms with Crippen LogP contribution in [0.3, 0.4) is 0 Å². The topological polar surface area (TPSA) is 41.1 Å². The van der Waals surface area contributed by atoms with Crippen LogP contribution in [0.2, 0.25) is 0 Å². The van der Waals surface area contributed by atoms with Gasteiger partial charge in [0.15, 0.2) is 0 Å². The molecule has 0 radical (unpaired) electrons. The Morgan fingerprint density at radius 3 is 2.62 bits per heavy atom. The SMILES string of the molecule is O=C(Nc1cc(C(F)(F)F)ccc1F)C1CC2CCC1N2. The second-order valence-electron chi connectivity index (χ2n) is 5.57. The number of amides is 1. The molecule has 1 aromatic rings. The van der Waals surface area contributed by atoms with Crippen LogP contribution in [0.4, 0.5) is 23.2 Å². The highest BCUT2D eigenvalue weighted by atomic mass is 19.4. The van der Waals surface area contributed by atoms with Crippen LogP contribution in [0.5, 0.6) is 0 Å². The molecule has 0 saturated carbocycles. The predicted octanol–water partition coefficient (Wildman–Crippen LogP) is 2.92. The summed E-state index contributed by atoms with van der Waals surface area (Å²) in [5.74, 6) is -1.60. The van der Waals surface area contributed by atoms with Gasteiger partial charge in [-0.2, -0.15) is 13.2 Å². The molecule has 2 bridgehead atoms. The first kappa shape index (κ1) is 14.3. The molecule has 3 rings (SSSR count). The van der Waals surface area contributed by atoms with Gasteiger partial charge in [-0.05, 0) is 37.5 Å². The average molecular weight is 302 g/mol. The largest absolute Gasteiger partial charge is 0.416 e. The molecule has 21 heavy (non-hydrogen) atoms. The lowest BCUT2D eigenvalue weighted by Gasteiger charge is -2.20. The maximum atomic E-state index is 13.6. The lowest BCUT2D eigenvalue weighted by molar-refractivity contribution is -0.137. The fraction of sp³-hybridized carbons (Fsp3) is 0.500. The summed E-state index contributed by atoms with van der Waals surface area (Å²) < 4.78 is 51.4. The van der Waals surface area contributed by atoms with E-state index in [1.807, 2.05) is 0 Å². The summed E-state index contributed by atoms with van der Waals surface area (Å²) in [5, 5.41) is 5.56. The van der Waals surface area contributed by atoms with E-state index in [1.54, 1.807) is 0 Å². The van der Waals surface area contributed by atoms with Gasteiger partial charge in [-0.15, -0.1) is 0 Å². The van der Waals surface area contributed by atoms with E-state index >= 15 is 0 Å². The van der Waals surface area contributed by atoms with E-state index in [0.717, 1.165) is 18.9 Å². The highest BCUT2D eigenvalue weighted by Gasteiger charge is 2.43. The van der Waals surface area contributed by atoms with E-state index < -0.39 is 29.2 Å². The number of alkyl halides is 3. The summed E-state index contributed by atoms with van der Waals surface area (Å²) in [4.78, 5) is 12.1. The van der Waals surface area contributed by atoms with Gasteiger partial charge in [0.25, 0.3) is 0 Å².